The van der Waals surface area contributed by atoms with Crippen molar-refractivity contribution in [3.63, 3.8) is 0 Å². The molecule has 1 N–H and O–H groups in total. The molecule has 0 aliphatic heterocycles. The summed E-state index contributed by atoms with van der Waals surface area (Å²) in [6.45, 7) is 8.31. The maximum atomic E-state index is 12.8. The van der Waals surface area contributed by atoms with Crippen LogP contribution in [0.2, 0.25) is 0 Å². The van der Waals surface area contributed by atoms with E-state index < -0.39 is 0 Å². The van der Waals surface area contributed by atoms with Crippen LogP contribution in [-0.4, -0.2) is 32.1 Å². The Morgan fingerprint density at radius 1 is 1.06 bits per heavy atom. The highest BCUT2D eigenvalue weighted by atomic mass is 16.5. The number of hydrogen-bond donors (Lipinski definition) is 1. The van der Waals surface area contributed by atoms with Gasteiger partial charge in [-0.15, -0.1) is 5.10 Å². The number of hydrogen-bond acceptors (Lipinski definition) is 5. The molecule has 0 atom stereocenters. The van der Waals surface area contributed by atoms with Gasteiger partial charge in [-0.1, -0.05) is 35.9 Å². The average Bonchev–Trinajstić information content (AvgIpc) is 3.17. The van der Waals surface area contributed by atoms with Crippen LogP contribution in [0.3, 0.4) is 0 Å². The lowest BCUT2D eigenvalue weighted by atomic mass is 10.1. The highest BCUT2D eigenvalue weighted by Gasteiger charge is 2.17. The number of aromatic nitrogens is 4. The molecule has 7 heteroatoms. The number of fused-ring (bicyclic) bond motifs is 1. The van der Waals surface area contributed by atoms with Gasteiger partial charge in [0.1, 0.15) is 5.75 Å². The van der Waals surface area contributed by atoms with Crippen LogP contribution in [0.5, 0.6) is 5.75 Å². The van der Waals surface area contributed by atoms with Crippen LogP contribution in [0.4, 0.5) is 5.69 Å². The lowest BCUT2D eigenvalue weighted by Gasteiger charge is -2.13. The summed E-state index contributed by atoms with van der Waals surface area (Å²) >= 11 is 0. The Morgan fingerprint density at radius 3 is 2.65 bits per heavy atom. The number of aryl methyl sites for hydroxylation is 3. The second-order valence-corrected chi connectivity index (χ2v) is 7.43. The molecule has 4 aromatic rings. The molecular weight excluding hydrogens is 390 g/mol. The molecule has 0 radical (unpaired) electrons. The molecule has 0 aliphatic carbocycles. The van der Waals surface area contributed by atoms with Crippen molar-refractivity contribution in [2.75, 3.05) is 11.9 Å². The summed E-state index contributed by atoms with van der Waals surface area (Å²) < 4.78 is 7.31. The van der Waals surface area contributed by atoms with Crippen LogP contribution in [-0.2, 0) is 11.2 Å². The van der Waals surface area contributed by atoms with Crippen molar-refractivity contribution in [1.29, 1.82) is 0 Å². The number of nitrogens with zero attached hydrogens (tertiary/aromatic N) is 4. The first-order valence-electron chi connectivity index (χ1n) is 10.3. The Bertz CT molecular complexity index is 1260. The Labute approximate surface area is 181 Å². The fourth-order valence-corrected chi connectivity index (χ4v) is 3.58. The summed E-state index contributed by atoms with van der Waals surface area (Å²) in [6, 6.07) is 15.5. The molecule has 0 aliphatic rings. The van der Waals surface area contributed by atoms with Gasteiger partial charge in [-0.05, 0) is 45.9 Å². The smallest absolute Gasteiger partial charge is 0.253 e. The van der Waals surface area contributed by atoms with Crippen molar-refractivity contribution in [3.05, 3.63) is 71.0 Å². The summed E-state index contributed by atoms with van der Waals surface area (Å²) in [5, 5.41) is 7.59. The quantitative estimate of drug-likeness (QED) is 0.508. The molecule has 0 bridgehead atoms. The third-order valence-electron chi connectivity index (χ3n) is 5.12. The molecule has 0 saturated carbocycles. The maximum absolute atomic E-state index is 12.8. The number of nitrogens with one attached hydrogen (secondary N) is 1. The lowest BCUT2D eigenvalue weighted by molar-refractivity contribution is -0.115. The van der Waals surface area contributed by atoms with Gasteiger partial charge in [0.15, 0.2) is 5.82 Å². The molecule has 4 rings (SSSR count). The normalized spacial score (nSPS) is 11.0. The molecule has 0 saturated heterocycles. The predicted octanol–water partition coefficient (Wildman–Crippen LogP) is 4.30. The first kappa shape index (κ1) is 20.5. The van der Waals surface area contributed by atoms with Gasteiger partial charge in [0.05, 0.1) is 18.7 Å². The molecule has 1 amide bonds. The van der Waals surface area contributed by atoms with Crippen LogP contribution in [0.25, 0.3) is 17.2 Å². The second kappa shape index (κ2) is 8.55. The second-order valence-electron chi connectivity index (χ2n) is 7.43. The molecule has 0 fully saturated rings. The van der Waals surface area contributed by atoms with Crippen molar-refractivity contribution >= 4 is 17.4 Å². The van der Waals surface area contributed by atoms with Crippen molar-refractivity contribution in [2.24, 2.45) is 0 Å². The van der Waals surface area contributed by atoms with E-state index in [1.54, 1.807) is 4.52 Å². The zero-order valence-corrected chi connectivity index (χ0v) is 18.1. The van der Waals surface area contributed by atoms with Crippen molar-refractivity contribution in [3.8, 4) is 17.1 Å². The highest BCUT2D eigenvalue weighted by Crippen LogP contribution is 2.25. The monoisotopic (exact) mass is 415 g/mol. The standard InChI is InChI=1S/C24H25N5O2/c1-5-31-21-12-7-6-11-20(21)26-22(30)14-19-16(3)25-24-27-23(28-29(24)17(19)4)18-10-8-9-15(2)13-18/h6-13H,5,14H2,1-4H3,(H,26,30). The number of carbonyl (C=O) groups excluding carboxylic acids is 1. The number of carbonyl (C=O) groups is 1. The van der Waals surface area contributed by atoms with E-state index in [-0.39, 0.29) is 12.3 Å². The summed E-state index contributed by atoms with van der Waals surface area (Å²) in [6.07, 6.45) is 0.181. The Morgan fingerprint density at radius 2 is 1.87 bits per heavy atom. The van der Waals surface area contributed by atoms with Crippen molar-refractivity contribution < 1.29 is 9.53 Å². The summed E-state index contributed by atoms with van der Waals surface area (Å²) in [5.74, 6) is 1.65. The van der Waals surface area contributed by atoms with Gasteiger partial charge in [-0.3, -0.25) is 4.79 Å². The van der Waals surface area contributed by atoms with E-state index in [0.717, 1.165) is 28.1 Å². The minimum atomic E-state index is -0.140. The van der Waals surface area contributed by atoms with Crippen molar-refractivity contribution in [2.45, 2.75) is 34.1 Å². The molecule has 2 aromatic carbocycles. The lowest BCUT2D eigenvalue weighted by Crippen LogP contribution is -2.18. The van der Waals surface area contributed by atoms with Crippen molar-refractivity contribution in [1.82, 2.24) is 19.6 Å². The molecular formula is C24H25N5O2. The Balaban J connectivity index is 1.63. The third-order valence-corrected chi connectivity index (χ3v) is 5.12. The first-order valence-corrected chi connectivity index (χ1v) is 10.3. The van der Waals surface area contributed by atoms with Gasteiger partial charge >= 0.3 is 0 Å². The van der Waals surface area contributed by atoms with Crippen LogP contribution in [0.15, 0.2) is 48.5 Å². The van der Waals surface area contributed by atoms with E-state index in [9.17, 15) is 4.79 Å². The minimum absolute atomic E-state index is 0.140. The summed E-state index contributed by atoms with van der Waals surface area (Å²) in [4.78, 5) is 22.0. The van der Waals surface area contributed by atoms with E-state index in [0.29, 0.717) is 29.6 Å². The number of para-hydroxylation sites is 2. The van der Waals surface area contributed by atoms with E-state index in [1.165, 1.54) is 0 Å². The van der Waals surface area contributed by atoms with E-state index in [2.05, 4.69) is 20.4 Å². The summed E-state index contributed by atoms with van der Waals surface area (Å²) in [7, 11) is 0. The molecule has 2 heterocycles. The molecule has 158 valence electrons. The SMILES string of the molecule is CCOc1ccccc1NC(=O)Cc1c(C)nc2nc(-c3cccc(C)c3)nn2c1C. The Hall–Kier alpha value is -3.74. The zero-order chi connectivity index (χ0) is 22.0. The number of amides is 1. The topological polar surface area (TPSA) is 81.4 Å². The van der Waals surface area contributed by atoms with Gasteiger partial charge < -0.3 is 10.1 Å². The number of ether oxygens (including phenoxy) is 1. The average molecular weight is 415 g/mol. The van der Waals surface area contributed by atoms with E-state index >= 15 is 0 Å². The molecule has 7 nitrogen and oxygen atoms in total. The van der Waals surface area contributed by atoms with E-state index in [1.807, 2.05) is 76.2 Å². The molecule has 2 aromatic heterocycles. The van der Waals surface area contributed by atoms with Gasteiger partial charge in [-0.25, -0.2) is 9.50 Å². The molecule has 0 spiro atoms. The maximum Gasteiger partial charge on any atom is 0.253 e. The fourth-order valence-electron chi connectivity index (χ4n) is 3.58. The summed E-state index contributed by atoms with van der Waals surface area (Å²) in [5.41, 5.74) is 5.18. The number of anilines is 1. The highest BCUT2D eigenvalue weighted by molar-refractivity contribution is 5.94. The minimum Gasteiger partial charge on any atom is -0.492 e. The first-order chi connectivity index (χ1) is 15.0. The third kappa shape index (κ3) is 4.26. The number of benzene rings is 2. The van der Waals surface area contributed by atoms with Gasteiger partial charge in [0.2, 0.25) is 5.91 Å². The van der Waals surface area contributed by atoms with E-state index in [4.69, 9.17) is 4.74 Å². The van der Waals surface area contributed by atoms with Crippen LogP contribution >= 0.6 is 0 Å². The van der Waals surface area contributed by atoms with Crippen LogP contribution < -0.4 is 10.1 Å². The molecule has 31 heavy (non-hydrogen) atoms. The largest absolute Gasteiger partial charge is 0.492 e. The van der Waals surface area contributed by atoms with Gasteiger partial charge in [0.25, 0.3) is 5.78 Å². The molecule has 0 unspecified atom stereocenters. The Kier molecular flexibility index (Phi) is 5.66. The van der Waals surface area contributed by atoms with Crippen LogP contribution in [0.1, 0.15) is 29.4 Å². The zero-order valence-electron chi connectivity index (χ0n) is 18.1. The van der Waals surface area contributed by atoms with Gasteiger partial charge in [0, 0.05) is 22.5 Å². The fraction of sp³-hybridized carbons (Fsp3) is 0.250. The predicted molar refractivity (Wildman–Crippen MR) is 120 cm³/mol. The van der Waals surface area contributed by atoms with Crippen LogP contribution in [0, 0.1) is 20.8 Å². The van der Waals surface area contributed by atoms with Gasteiger partial charge in [-0.2, -0.15) is 4.98 Å². The number of rotatable bonds is 6.